The molecule has 0 saturated heterocycles. The second-order valence-electron chi connectivity index (χ2n) is 4.43. The van der Waals surface area contributed by atoms with Gasteiger partial charge in [-0.1, -0.05) is 6.92 Å². The van der Waals surface area contributed by atoms with Crippen LogP contribution < -0.4 is 14.8 Å². The van der Waals surface area contributed by atoms with E-state index >= 15 is 0 Å². The monoisotopic (exact) mass is 295 g/mol. The Bertz CT molecular complexity index is 501. The minimum absolute atomic E-state index is 0.145. The van der Waals surface area contributed by atoms with Crippen molar-refractivity contribution >= 4 is 11.9 Å². The summed E-state index contributed by atoms with van der Waals surface area (Å²) >= 11 is 0. The zero-order valence-corrected chi connectivity index (χ0v) is 12.8. The molecule has 0 fully saturated rings. The summed E-state index contributed by atoms with van der Waals surface area (Å²) in [4.78, 5) is 23.5. The molecule has 1 N–H and O–H groups in total. The maximum absolute atomic E-state index is 12.2. The lowest BCUT2D eigenvalue weighted by atomic mass is 10.1. The minimum atomic E-state index is -0.352. The van der Waals surface area contributed by atoms with Crippen molar-refractivity contribution in [3.63, 3.8) is 0 Å². The average molecular weight is 295 g/mol. The first-order valence-corrected chi connectivity index (χ1v) is 6.65. The van der Waals surface area contributed by atoms with Crippen LogP contribution in [0.2, 0.25) is 0 Å². The van der Waals surface area contributed by atoms with E-state index in [1.807, 2.05) is 6.92 Å². The molecule has 0 spiro atoms. The lowest BCUT2D eigenvalue weighted by Gasteiger charge is -2.16. The third-order valence-electron chi connectivity index (χ3n) is 3.11. The molecule has 1 atom stereocenters. The van der Waals surface area contributed by atoms with Crippen LogP contribution in [0.15, 0.2) is 18.2 Å². The molecule has 6 nitrogen and oxygen atoms in total. The fourth-order valence-electron chi connectivity index (χ4n) is 1.83. The number of benzene rings is 1. The lowest BCUT2D eigenvalue weighted by Crippen LogP contribution is -2.36. The van der Waals surface area contributed by atoms with Gasteiger partial charge in [0.15, 0.2) is 11.5 Å². The molecule has 0 heterocycles. The highest BCUT2D eigenvalue weighted by Gasteiger charge is 2.17. The summed E-state index contributed by atoms with van der Waals surface area (Å²) in [5, 5.41) is 2.80. The Hall–Kier alpha value is -2.24. The Morgan fingerprint density at radius 1 is 1.14 bits per heavy atom. The topological polar surface area (TPSA) is 73.9 Å². The number of amides is 1. The molecule has 1 aromatic carbocycles. The van der Waals surface area contributed by atoms with Crippen LogP contribution >= 0.6 is 0 Å². The van der Waals surface area contributed by atoms with Crippen molar-refractivity contribution in [3.05, 3.63) is 23.8 Å². The van der Waals surface area contributed by atoms with E-state index < -0.39 is 0 Å². The maximum Gasteiger partial charge on any atom is 0.307 e. The Kier molecular flexibility index (Phi) is 6.52. The largest absolute Gasteiger partial charge is 0.493 e. The highest BCUT2D eigenvalue weighted by Crippen LogP contribution is 2.27. The van der Waals surface area contributed by atoms with E-state index in [9.17, 15) is 9.59 Å². The Morgan fingerprint density at radius 3 is 2.33 bits per heavy atom. The molecule has 21 heavy (non-hydrogen) atoms. The van der Waals surface area contributed by atoms with Crippen LogP contribution in [0.25, 0.3) is 0 Å². The average Bonchev–Trinajstić information content (AvgIpc) is 2.52. The zero-order valence-electron chi connectivity index (χ0n) is 12.8. The number of carbonyl (C=O) groups excluding carboxylic acids is 2. The van der Waals surface area contributed by atoms with Gasteiger partial charge >= 0.3 is 5.97 Å². The van der Waals surface area contributed by atoms with E-state index in [1.54, 1.807) is 18.2 Å². The van der Waals surface area contributed by atoms with E-state index in [0.29, 0.717) is 23.5 Å². The number of hydrogen-bond donors (Lipinski definition) is 1. The molecule has 1 unspecified atom stereocenters. The second kappa shape index (κ2) is 8.14. The van der Waals surface area contributed by atoms with Gasteiger partial charge in [-0.2, -0.15) is 0 Å². The van der Waals surface area contributed by atoms with Crippen LogP contribution in [-0.4, -0.2) is 39.2 Å². The summed E-state index contributed by atoms with van der Waals surface area (Å²) in [5.74, 6) is 0.406. The predicted molar refractivity (Wildman–Crippen MR) is 77.7 cm³/mol. The van der Waals surface area contributed by atoms with Crippen LogP contribution in [-0.2, 0) is 9.53 Å². The molecule has 0 aliphatic carbocycles. The second-order valence-corrected chi connectivity index (χ2v) is 4.43. The number of rotatable bonds is 7. The predicted octanol–water partition coefficient (Wildman–Crippen LogP) is 1.78. The molecular formula is C15H21NO5. The molecule has 1 amide bonds. The van der Waals surface area contributed by atoms with E-state index in [4.69, 9.17) is 9.47 Å². The summed E-state index contributed by atoms with van der Waals surface area (Å²) in [7, 11) is 4.36. The van der Waals surface area contributed by atoms with Crippen molar-refractivity contribution in [2.45, 2.75) is 25.8 Å². The first-order chi connectivity index (χ1) is 10.0. The fraction of sp³-hybridized carbons (Fsp3) is 0.467. The van der Waals surface area contributed by atoms with Gasteiger partial charge in [0.1, 0.15) is 0 Å². The normalized spacial score (nSPS) is 11.4. The molecule has 0 aliphatic heterocycles. The Labute approximate surface area is 124 Å². The van der Waals surface area contributed by atoms with E-state index in [-0.39, 0.29) is 24.3 Å². The van der Waals surface area contributed by atoms with Crippen LogP contribution in [0, 0.1) is 0 Å². The van der Waals surface area contributed by atoms with Crippen molar-refractivity contribution in [2.24, 2.45) is 0 Å². The summed E-state index contributed by atoms with van der Waals surface area (Å²) in [6.45, 7) is 1.89. The Balaban J connectivity index is 2.80. The maximum atomic E-state index is 12.2. The Morgan fingerprint density at radius 2 is 1.81 bits per heavy atom. The number of carbonyl (C=O) groups is 2. The summed E-state index contributed by atoms with van der Waals surface area (Å²) in [6.07, 6.45) is 0.778. The number of ether oxygens (including phenoxy) is 3. The summed E-state index contributed by atoms with van der Waals surface area (Å²) < 4.78 is 14.9. The summed E-state index contributed by atoms with van der Waals surface area (Å²) in [6, 6.07) is 4.63. The number of nitrogens with one attached hydrogen (secondary N) is 1. The van der Waals surface area contributed by atoms with Crippen LogP contribution in [0.5, 0.6) is 11.5 Å². The van der Waals surface area contributed by atoms with Gasteiger partial charge in [0.05, 0.1) is 27.8 Å². The smallest absolute Gasteiger partial charge is 0.307 e. The standard InChI is InChI=1S/C15H21NO5/c1-5-11(9-14(17)21-4)16-15(18)10-6-7-12(19-2)13(8-10)20-3/h6-8,11H,5,9H2,1-4H3,(H,16,18). The van der Waals surface area contributed by atoms with Gasteiger partial charge in [-0.3, -0.25) is 9.59 Å². The highest BCUT2D eigenvalue weighted by molar-refractivity contribution is 5.95. The van der Waals surface area contributed by atoms with E-state index in [0.717, 1.165) is 0 Å². The highest BCUT2D eigenvalue weighted by atomic mass is 16.5. The number of methoxy groups -OCH3 is 3. The van der Waals surface area contributed by atoms with Gasteiger partial charge in [0.2, 0.25) is 0 Å². The molecule has 0 bridgehead atoms. The van der Waals surface area contributed by atoms with Crippen molar-refractivity contribution in [2.75, 3.05) is 21.3 Å². The third kappa shape index (κ3) is 4.66. The van der Waals surface area contributed by atoms with Gasteiger partial charge in [0.25, 0.3) is 5.91 Å². The first-order valence-electron chi connectivity index (χ1n) is 6.65. The zero-order chi connectivity index (χ0) is 15.8. The SMILES string of the molecule is CCC(CC(=O)OC)NC(=O)c1ccc(OC)c(OC)c1. The van der Waals surface area contributed by atoms with Gasteiger partial charge in [-0.05, 0) is 24.6 Å². The lowest BCUT2D eigenvalue weighted by molar-refractivity contribution is -0.141. The van der Waals surface area contributed by atoms with Crippen molar-refractivity contribution in [1.29, 1.82) is 0 Å². The van der Waals surface area contributed by atoms with E-state index in [1.165, 1.54) is 21.3 Å². The van der Waals surface area contributed by atoms with Crippen molar-refractivity contribution in [1.82, 2.24) is 5.32 Å². The van der Waals surface area contributed by atoms with Crippen molar-refractivity contribution in [3.8, 4) is 11.5 Å². The van der Waals surface area contributed by atoms with Crippen molar-refractivity contribution < 1.29 is 23.8 Å². The third-order valence-corrected chi connectivity index (χ3v) is 3.11. The molecule has 0 aromatic heterocycles. The van der Waals surface area contributed by atoms with Gasteiger partial charge in [-0.25, -0.2) is 0 Å². The van der Waals surface area contributed by atoms with Crippen LogP contribution in [0.4, 0.5) is 0 Å². The molecule has 0 radical (unpaired) electrons. The first kappa shape index (κ1) is 16.8. The number of hydrogen-bond acceptors (Lipinski definition) is 5. The van der Waals surface area contributed by atoms with Crippen LogP contribution in [0.3, 0.4) is 0 Å². The summed E-state index contributed by atoms with van der Waals surface area (Å²) in [5.41, 5.74) is 0.441. The molecular weight excluding hydrogens is 274 g/mol. The van der Waals surface area contributed by atoms with Crippen LogP contribution in [0.1, 0.15) is 30.1 Å². The molecule has 116 valence electrons. The molecule has 1 aromatic rings. The van der Waals surface area contributed by atoms with Gasteiger partial charge in [-0.15, -0.1) is 0 Å². The molecule has 6 heteroatoms. The van der Waals surface area contributed by atoms with Gasteiger partial charge in [0, 0.05) is 11.6 Å². The fourth-order valence-corrected chi connectivity index (χ4v) is 1.83. The van der Waals surface area contributed by atoms with E-state index in [2.05, 4.69) is 10.1 Å². The minimum Gasteiger partial charge on any atom is -0.493 e. The number of esters is 1. The molecule has 0 aliphatic rings. The quantitative estimate of drug-likeness (QED) is 0.776. The molecule has 1 rings (SSSR count). The van der Waals surface area contributed by atoms with Gasteiger partial charge < -0.3 is 19.5 Å². The molecule has 0 saturated carbocycles.